The molecule has 120 valence electrons. The second kappa shape index (κ2) is 6.42. The Morgan fingerprint density at radius 1 is 1.00 bits per heavy atom. The average Bonchev–Trinajstić information content (AvgIpc) is 3.10. The zero-order valence-electron chi connectivity index (χ0n) is 13.8. The highest BCUT2D eigenvalue weighted by Gasteiger charge is 2.18. The van der Waals surface area contributed by atoms with Crippen LogP contribution in [0.15, 0.2) is 36.4 Å². The van der Waals surface area contributed by atoms with Gasteiger partial charge in [-0.1, -0.05) is 30.3 Å². The molecule has 1 aromatic heterocycles. The Hall–Kier alpha value is -1.71. The first-order valence-corrected chi connectivity index (χ1v) is 8.72. The van der Waals surface area contributed by atoms with Crippen LogP contribution in [0.2, 0.25) is 0 Å². The third kappa shape index (κ3) is 3.04. The lowest BCUT2D eigenvalue weighted by Crippen LogP contribution is -2.37. The van der Waals surface area contributed by atoms with Crippen molar-refractivity contribution in [3.05, 3.63) is 53.2 Å². The van der Waals surface area contributed by atoms with Crippen LogP contribution in [-0.2, 0) is 17.6 Å². The van der Waals surface area contributed by atoms with Crippen molar-refractivity contribution in [3.63, 3.8) is 0 Å². The molecule has 0 N–H and O–H groups in total. The molecule has 2 heterocycles. The number of benzene rings is 1. The lowest BCUT2D eigenvalue weighted by Gasteiger charge is -2.32. The molecule has 0 bridgehead atoms. The van der Waals surface area contributed by atoms with Crippen LogP contribution >= 0.6 is 0 Å². The molecule has 1 fully saturated rings. The highest BCUT2D eigenvalue weighted by Crippen LogP contribution is 2.27. The number of morpholine rings is 1. The predicted octanol–water partition coefficient (Wildman–Crippen LogP) is 3.63. The molecule has 1 saturated heterocycles. The van der Waals surface area contributed by atoms with Gasteiger partial charge in [0.15, 0.2) is 0 Å². The second-order valence-corrected chi connectivity index (χ2v) is 6.60. The van der Waals surface area contributed by atoms with E-state index in [4.69, 9.17) is 9.72 Å². The second-order valence-electron chi connectivity index (χ2n) is 6.60. The van der Waals surface area contributed by atoms with E-state index in [2.05, 4.69) is 48.2 Å². The quantitative estimate of drug-likeness (QED) is 0.866. The third-order valence-electron chi connectivity index (χ3n) is 5.21. The zero-order chi connectivity index (χ0) is 15.6. The maximum absolute atomic E-state index is 5.45. The van der Waals surface area contributed by atoms with Crippen LogP contribution in [0.1, 0.15) is 36.2 Å². The molecule has 4 rings (SSSR count). The number of nitrogens with zero attached hydrogens (tertiary/aromatic N) is 2. The Balaban J connectivity index is 1.53. The average molecular weight is 308 g/mol. The van der Waals surface area contributed by atoms with Crippen molar-refractivity contribution >= 4 is 0 Å². The summed E-state index contributed by atoms with van der Waals surface area (Å²) in [6.45, 7) is 6.03. The Labute approximate surface area is 138 Å². The molecule has 1 aliphatic heterocycles. The molecule has 2 aliphatic rings. The van der Waals surface area contributed by atoms with Crippen molar-refractivity contribution in [1.29, 1.82) is 0 Å². The van der Waals surface area contributed by atoms with Crippen molar-refractivity contribution < 1.29 is 4.74 Å². The zero-order valence-corrected chi connectivity index (χ0v) is 13.8. The van der Waals surface area contributed by atoms with E-state index < -0.39 is 0 Å². The fraction of sp³-hybridized carbons (Fsp3) is 0.450. The summed E-state index contributed by atoms with van der Waals surface area (Å²) in [4.78, 5) is 7.35. The summed E-state index contributed by atoms with van der Waals surface area (Å²) < 4.78 is 5.45. The Bertz CT molecular complexity index is 675. The van der Waals surface area contributed by atoms with E-state index >= 15 is 0 Å². The largest absolute Gasteiger partial charge is 0.379 e. The number of hydrogen-bond acceptors (Lipinski definition) is 3. The van der Waals surface area contributed by atoms with E-state index in [0.717, 1.165) is 38.4 Å². The highest BCUT2D eigenvalue weighted by molar-refractivity contribution is 5.60. The van der Waals surface area contributed by atoms with Crippen LogP contribution in [0.25, 0.3) is 11.3 Å². The van der Waals surface area contributed by atoms with Crippen molar-refractivity contribution in [2.75, 3.05) is 26.3 Å². The van der Waals surface area contributed by atoms with Gasteiger partial charge in [-0.2, -0.15) is 0 Å². The van der Waals surface area contributed by atoms with Gasteiger partial charge in [-0.3, -0.25) is 9.88 Å². The summed E-state index contributed by atoms with van der Waals surface area (Å²) in [5.41, 5.74) is 6.44. The molecular formula is C20H24N2O. The first kappa shape index (κ1) is 14.9. The normalized spacial score (nSPS) is 19.5. The fourth-order valence-electron chi connectivity index (χ4n) is 3.69. The molecule has 3 nitrogen and oxygen atoms in total. The SMILES string of the molecule is CC(c1ccc(-c2ccc3c(n2)CCC3)cc1)N1CCOCC1. The monoisotopic (exact) mass is 308 g/mol. The molecular weight excluding hydrogens is 284 g/mol. The molecule has 0 spiro atoms. The molecule has 1 unspecified atom stereocenters. The molecule has 2 aromatic rings. The van der Waals surface area contributed by atoms with E-state index in [-0.39, 0.29) is 0 Å². The lowest BCUT2D eigenvalue weighted by molar-refractivity contribution is 0.0198. The van der Waals surface area contributed by atoms with Gasteiger partial charge < -0.3 is 4.74 Å². The smallest absolute Gasteiger partial charge is 0.0705 e. The molecule has 1 atom stereocenters. The minimum atomic E-state index is 0.445. The minimum absolute atomic E-state index is 0.445. The Morgan fingerprint density at radius 2 is 1.78 bits per heavy atom. The van der Waals surface area contributed by atoms with Crippen LogP contribution in [-0.4, -0.2) is 36.2 Å². The summed E-state index contributed by atoms with van der Waals surface area (Å²) >= 11 is 0. The van der Waals surface area contributed by atoms with E-state index in [1.54, 1.807) is 0 Å². The van der Waals surface area contributed by atoms with E-state index in [1.165, 1.54) is 35.2 Å². The highest BCUT2D eigenvalue weighted by atomic mass is 16.5. The van der Waals surface area contributed by atoms with Crippen LogP contribution < -0.4 is 0 Å². The molecule has 0 amide bonds. The van der Waals surface area contributed by atoms with Crippen molar-refractivity contribution in [2.24, 2.45) is 0 Å². The maximum atomic E-state index is 5.45. The van der Waals surface area contributed by atoms with Crippen LogP contribution in [0.5, 0.6) is 0 Å². The summed E-state index contributed by atoms with van der Waals surface area (Å²) in [5, 5.41) is 0. The lowest BCUT2D eigenvalue weighted by atomic mass is 10.0. The van der Waals surface area contributed by atoms with Gasteiger partial charge in [0.25, 0.3) is 0 Å². The number of ether oxygens (including phenoxy) is 1. The topological polar surface area (TPSA) is 25.4 Å². The van der Waals surface area contributed by atoms with Gasteiger partial charge in [0.2, 0.25) is 0 Å². The van der Waals surface area contributed by atoms with E-state index in [9.17, 15) is 0 Å². The Kier molecular flexibility index (Phi) is 4.15. The maximum Gasteiger partial charge on any atom is 0.0705 e. The first-order chi connectivity index (χ1) is 11.3. The molecule has 1 aromatic carbocycles. The van der Waals surface area contributed by atoms with Gasteiger partial charge in [0, 0.05) is 30.4 Å². The molecule has 23 heavy (non-hydrogen) atoms. The van der Waals surface area contributed by atoms with Gasteiger partial charge in [-0.25, -0.2) is 0 Å². The predicted molar refractivity (Wildman–Crippen MR) is 92.5 cm³/mol. The van der Waals surface area contributed by atoms with Crippen molar-refractivity contribution in [2.45, 2.75) is 32.2 Å². The first-order valence-electron chi connectivity index (χ1n) is 8.72. The number of hydrogen-bond donors (Lipinski definition) is 0. The van der Waals surface area contributed by atoms with Gasteiger partial charge in [0.1, 0.15) is 0 Å². The molecule has 3 heteroatoms. The Morgan fingerprint density at radius 3 is 2.57 bits per heavy atom. The fourth-order valence-corrected chi connectivity index (χ4v) is 3.69. The van der Waals surface area contributed by atoms with E-state index in [1.807, 2.05) is 0 Å². The number of pyridine rings is 1. The molecule has 0 radical (unpaired) electrons. The van der Waals surface area contributed by atoms with Gasteiger partial charge >= 0.3 is 0 Å². The number of aryl methyl sites for hydroxylation is 2. The number of rotatable bonds is 3. The summed E-state index contributed by atoms with van der Waals surface area (Å²) in [6, 6.07) is 13.8. The minimum Gasteiger partial charge on any atom is -0.379 e. The van der Waals surface area contributed by atoms with E-state index in [0.29, 0.717) is 6.04 Å². The van der Waals surface area contributed by atoms with Crippen molar-refractivity contribution in [1.82, 2.24) is 9.88 Å². The number of aromatic nitrogens is 1. The number of fused-ring (bicyclic) bond motifs is 1. The van der Waals surface area contributed by atoms with Crippen LogP contribution in [0, 0.1) is 0 Å². The third-order valence-corrected chi connectivity index (χ3v) is 5.21. The van der Waals surface area contributed by atoms with Gasteiger partial charge in [-0.05, 0) is 43.4 Å². The molecule has 0 saturated carbocycles. The summed E-state index contributed by atoms with van der Waals surface area (Å²) in [7, 11) is 0. The van der Waals surface area contributed by atoms with Crippen LogP contribution in [0.4, 0.5) is 0 Å². The van der Waals surface area contributed by atoms with Gasteiger partial charge in [-0.15, -0.1) is 0 Å². The standard InChI is InChI=1S/C20H24N2O/c1-15(22-11-13-23-14-12-22)16-5-7-18(8-6-16)20-10-9-17-3-2-4-19(17)21-20/h5-10,15H,2-4,11-14H2,1H3. The summed E-state index contributed by atoms with van der Waals surface area (Å²) in [6.07, 6.45) is 3.58. The molecule has 1 aliphatic carbocycles. The van der Waals surface area contributed by atoms with Crippen molar-refractivity contribution in [3.8, 4) is 11.3 Å². The summed E-state index contributed by atoms with van der Waals surface area (Å²) in [5.74, 6) is 0. The van der Waals surface area contributed by atoms with Crippen LogP contribution in [0.3, 0.4) is 0 Å². The van der Waals surface area contributed by atoms with Gasteiger partial charge in [0.05, 0.1) is 18.9 Å².